The van der Waals surface area contributed by atoms with Gasteiger partial charge < -0.3 is 5.73 Å². The number of anilines is 1. The molecular formula is C9H12Cl2N2O3S2. The molecule has 1 aromatic rings. The van der Waals surface area contributed by atoms with Gasteiger partial charge in [0.2, 0.25) is 10.0 Å². The number of nitrogens with two attached hydrogens (primary N) is 1. The van der Waals surface area contributed by atoms with E-state index in [0.29, 0.717) is 0 Å². The van der Waals surface area contributed by atoms with Gasteiger partial charge in [0.05, 0.1) is 15.7 Å². The molecule has 1 rings (SSSR count). The molecule has 0 aromatic heterocycles. The summed E-state index contributed by atoms with van der Waals surface area (Å²) in [5, 5.41) is 0.0706. The molecular weight excluding hydrogens is 319 g/mol. The van der Waals surface area contributed by atoms with Crippen LogP contribution in [0.3, 0.4) is 0 Å². The average molecular weight is 331 g/mol. The first-order chi connectivity index (χ1) is 8.25. The van der Waals surface area contributed by atoms with Gasteiger partial charge >= 0.3 is 0 Å². The van der Waals surface area contributed by atoms with E-state index in [0.717, 1.165) is 0 Å². The molecule has 0 bridgehead atoms. The highest BCUT2D eigenvalue weighted by Crippen LogP contribution is 2.32. The number of nitrogen functional groups attached to an aromatic ring is 1. The van der Waals surface area contributed by atoms with Gasteiger partial charge in [-0.05, 0) is 12.1 Å². The highest BCUT2D eigenvalue weighted by molar-refractivity contribution is 7.89. The Balaban J connectivity index is 2.99. The van der Waals surface area contributed by atoms with Crippen molar-refractivity contribution in [1.29, 1.82) is 0 Å². The predicted octanol–water partition coefficient (Wildman–Crippen LogP) is 1.23. The molecule has 102 valence electrons. The highest BCUT2D eigenvalue weighted by atomic mass is 35.5. The fourth-order valence-electron chi connectivity index (χ4n) is 1.15. The summed E-state index contributed by atoms with van der Waals surface area (Å²) in [5.74, 6) is 0.222. The highest BCUT2D eigenvalue weighted by Gasteiger charge is 2.20. The Morgan fingerprint density at radius 2 is 2.00 bits per heavy atom. The topological polar surface area (TPSA) is 89.3 Å². The Morgan fingerprint density at radius 3 is 2.56 bits per heavy atom. The van der Waals surface area contributed by atoms with Crippen LogP contribution in [0.4, 0.5) is 5.69 Å². The van der Waals surface area contributed by atoms with Gasteiger partial charge in [0, 0.05) is 29.4 Å². The minimum absolute atomic E-state index is 0.0141. The first kappa shape index (κ1) is 15.7. The lowest BCUT2D eigenvalue weighted by Crippen LogP contribution is -2.28. The van der Waals surface area contributed by atoms with E-state index in [-0.39, 0.29) is 32.9 Å². The first-order valence-electron chi connectivity index (χ1n) is 4.79. The van der Waals surface area contributed by atoms with E-state index in [2.05, 4.69) is 4.72 Å². The molecule has 0 aliphatic carbocycles. The summed E-state index contributed by atoms with van der Waals surface area (Å²) in [7, 11) is -4.86. The molecule has 3 N–H and O–H groups in total. The van der Waals surface area contributed by atoms with Crippen molar-refractivity contribution in [2.75, 3.05) is 24.3 Å². The Morgan fingerprint density at radius 1 is 1.39 bits per heavy atom. The summed E-state index contributed by atoms with van der Waals surface area (Å²) in [6, 6.07) is 2.63. The van der Waals surface area contributed by atoms with Gasteiger partial charge in [0.1, 0.15) is 4.90 Å². The summed E-state index contributed by atoms with van der Waals surface area (Å²) in [6.45, 7) is 0.0598. The van der Waals surface area contributed by atoms with Crippen LogP contribution in [0.2, 0.25) is 10.0 Å². The predicted molar refractivity (Wildman–Crippen MR) is 75.0 cm³/mol. The van der Waals surface area contributed by atoms with Gasteiger partial charge in [-0.25, -0.2) is 13.1 Å². The summed E-state index contributed by atoms with van der Waals surface area (Å²) in [5.41, 5.74) is 5.57. The van der Waals surface area contributed by atoms with Crippen molar-refractivity contribution in [1.82, 2.24) is 4.72 Å². The van der Waals surface area contributed by atoms with Gasteiger partial charge in [0.25, 0.3) is 0 Å². The molecule has 0 radical (unpaired) electrons. The van der Waals surface area contributed by atoms with Crippen molar-refractivity contribution in [3.05, 3.63) is 22.2 Å². The van der Waals surface area contributed by atoms with Crippen LogP contribution in [0.1, 0.15) is 0 Å². The Labute approximate surface area is 118 Å². The summed E-state index contributed by atoms with van der Waals surface area (Å²) in [4.78, 5) is -0.145. The van der Waals surface area contributed by atoms with Crippen molar-refractivity contribution < 1.29 is 12.6 Å². The van der Waals surface area contributed by atoms with Crippen molar-refractivity contribution in [3.8, 4) is 0 Å². The molecule has 5 nitrogen and oxygen atoms in total. The molecule has 0 aliphatic heterocycles. The lowest BCUT2D eigenvalue weighted by Gasteiger charge is -2.10. The fraction of sp³-hybridized carbons (Fsp3) is 0.333. The van der Waals surface area contributed by atoms with Crippen molar-refractivity contribution >= 4 is 49.7 Å². The molecule has 0 saturated heterocycles. The second kappa shape index (κ2) is 6.21. The minimum atomic E-state index is -3.78. The standard InChI is InChI=1S/C9H12Cl2N2O3S2/c1-17(14)5-4-13-18(15,16)7-3-2-6(10)9(12)8(7)11/h2-3,13H,4-5,12H2,1H3. The lowest BCUT2D eigenvalue weighted by molar-refractivity contribution is 0.584. The molecule has 0 fully saturated rings. The second-order valence-corrected chi connectivity index (χ2v) is 7.52. The third kappa shape index (κ3) is 3.83. The average Bonchev–Trinajstić information content (AvgIpc) is 2.24. The molecule has 0 heterocycles. The van der Waals surface area contributed by atoms with Crippen LogP contribution in [-0.2, 0) is 20.8 Å². The number of nitrogens with one attached hydrogen (secondary N) is 1. The maximum atomic E-state index is 11.9. The zero-order chi connectivity index (χ0) is 13.9. The SMILES string of the molecule is CS(=O)CCNS(=O)(=O)c1ccc(Cl)c(N)c1Cl. The van der Waals surface area contributed by atoms with Crippen LogP contribution in [0.15, 0.2) is 17.0 Å². The van der Waals surface area contributed by atoms with Gasteiger partial charge in [-0.1, -0.05) is 23.2 Å². The summed E-state index contributed by atoms with van der Waals surface area (Å²) < 4.78 is 36.9. The molecule has 1 atom stereocenters. The van der Waals surface area contributed by atoms with Gasteiger partial charge in [0.15, 0.2) is 0 Å². The number of benzene rings is 1. The largest absolute Gasteiger partial charge is 0.396 e. The van der Waals surface area contributed by atoms with Gasteiger partial charge in [-0.3, -0.25) is 4.21 Å². The molecule has 0 saturated carbocycles. The molecule has 9 heteroatoms. The molecule has 0 spiro atoms. The normalized spacial score (nSPS) is 13.5. The summed E-state index contributed by atoms with van der Waals surface area (Å²) >= 11 is 11.6. The maximum absolute atomic E-state index is 11.9. The second-order valence-electron chi connectivity index (χ2n) is 3.45. The van der Waals surface area contributed by atoms with Crippen LogP contribution >= 0.6 is 23.2 Å². The smallest absolute Gasteiger partial charge is 0.242 e. The van der Waals surface area contributed by atoms with Crippen molar-refractivity contribution in [2.24, 2.45) is 0 Å². The molecule has 0 amide bonds. The van der Waals surface area contributed by atoms with Crippen LogP contribution in [0, 0.1) is 0 Å². The lowest BCUT2D eigenvalue weighted by atomic mass is 10.3. The first-order valence-corrected chi connectivity index (χ1v) is 8.75. The number of hydrogen-bond donors (Lipinski definition) is 2. The van der Waals surface area contributed by atoms with Crippen LogP contribution in [0.25, 0.3) is 0 Å². The Hall–Kier alpha value is -0.340. The van der Waals surface area contributed by atoms with E-state index in [1.165, 1.54) is 18.4 Å². The van der Waals surface area contributed by atoms with E-state index in [4.69, 9.17) is 28.9 Å². The van der Waals surface area contributed by atoms with E-state index in [1.807, 2.05) is 0 Å². The monoisotopic (exact) mass is 330 g/mol. The Bertz CT molecular complexity index is 575. The minimum Gasteiger partial charge on any atom is -0.396 e. The molecule has 1 unspecified atom stereocenters. The molecule has 0 aliphatic rings. The van der Waals surface area contributed by atoms with Crippen LogP contribution in [0.5, 0.6) is 0 Å². The van der Waals surface area contributed by atoms with Crippen molar-refractivity contribution in [3.63, 3.8) is 0 Å². The van der Waals surface area contributed by atoms with Crippen LogP contribution in [-0.4, -0.2) is 31.2 Å². The van der Waals surface area contributed by atoms with E-state index >= 15 is 0 Å². The van der Waals surface area contributed by atoms with Crippen LogP contribution < -0.4 is 10.5 Å². The molecule has 1 aromatic carbocycles. The Kier molecular flexibility index (Phi) is 5.42. The van der Waals surface area contributed by atoms with E-state index < -0.39 is 20.8 Å². The zero-order valence-corrected chi connectivity index (χ0v) is 12.6. The number of rotatable bonds is 5. The molecule has 18 heavy (non-hydrogen) atoms. The quantitative estimate of drug-likeness (QED) is 0.794. The van der Waals surface area contributed by atoms with E-state index in [1.54, 1.807) is 0 Å². The number of sulfonamides is 1. The van der Waals surface area contributed by atoms with Gasteiger partial charge in [-0.2, -0.15) is 0 Å². The maximum Gasteiger partial charge on any atom is 0.242 e. The third-order valence-electron chi connectivity index (χ3n) is 2.06. The zero-order valence-electron chi connectivity index (χ0n) is 9.44. The van der Waals surface area contributed by atoms with E-state index in [9.17, 15) is 12.6 Å². The summed E-state index contributed by atoms with van der Waals surface area (Å²) in [6.07, 6.45) is 1.49. The van der Waals surface area contributed by atoms with Crippen molar-refractivity contribution in [2.45, 2.75) is 4.90 Å². The number of halogens is 2. The third-order valence-corrected chi connectivity index (χ3v) is 5.19. The fourth-order valence-corrected chi connectivity index (χ4v) is 3.47. The number of hydrogen-bond acceptors (Lipinski definition) is 4. The van der Waals surface area contributed by atoms with Gasteiger partial charge in [-0.15, -0.1) is 0 Å².